The average Bonchev–Trinajstić information content (AvgIpc) is 3.09. The number of nitrogens with one attached hydrogen (secondary N) is 1. The molecule has 144 valence electrons. The predicted octanol–water partition coefficient (Wildman–Crippen LogP) is 4.35. The largest absolute Gasteiger partial charge is 0.494 e. The number of carbonyl (C=O) groups is 1. The lowest BCUT2D eigenvalue weighted by Gasteiger charge is -2.31. The zero-order valence-corrected chi connectivity index (χ0v) is 15.9. The van der Waals surface area contributed by atoms with Gasteiger partial charge in [-0.15, -0.1) is 0 Å². The van der Waals surface area contributed by atoms with E-state index in [2.05, 4.69) is 22.7 Å². The molecule has 2 atom stereocenters. The van der Waals surface area contributed by atoms with Gasteiger partial charge in [0, 0.05) is 17.2 Å². The van der Waals surface area contributed by atoms with Gasteiger partial charge in [-0.05, 0) is 67.6 Å². The van der Waals surface area contributed by atoms with Crippen LogP contribution in [0.4, 0.5) is 0 Å². The molecule has 1 fully saturated rings. The first kappa shape index (κ1) is 18.3. The second-order valence-electron chi connectivity index (χ2n) is 7.07. The Bertz CT molecular complexity index is 885. The highest BCUT2D eigenvalue weighted by Gasteiger charge is 2.38. The molecule has 2 aromatic carbocycles. The summed E-state index contributed by atoms with van der Waals surface area (Å²) in [7, 11) is 0. The summed E-state index contributed by atoms with van der Waals surface area (Å²) in [5.41, 5.74) is 5.37. The van der Waals surface area contributed by atoms with Crippen molar-refractivity contribution in [1.82, 2.24) is 5.43 Å². The van der Waals surface area contributed by atoms with Gasteiger partial charge in [0.1, 0.15) is 18.1 Å². The van der Waals surface area contributed by atoms with E-state index in [9.17, 15) is 4.79 Å². The molecule has 1 N–H and O–H groups in total. The van der Waals surface area contributed by atoms with Gasteiger partial charge in [0.05, 0.1) is 6.61 Å². The fourth-order valence-electron chi connectivity index (χ4n) is 3.57. The number of ether oxygens (including phenoxy) is 2. The van der Waals surface area contributed by atoms with Crippen molar-refractivity contribution in [1.29, 1.82) is 0 Å². The molecular weight excluding hydrogens is 352 g/mol. The van der Waals surface area contributed by atoms with Gasteiger partial charge in [-0.1, -0.05) is 24.3 Å². The molecule has 2 aromatic rings. The molecule has 4 rings (SSSR count). The molecule has 0 unspecified atom stereocenters. The molecule has 5 heteroatoms. The first-order chi connectivity index (χ1) is 13.7. The van der Waals surface area contributed by atoms with E-state index >= 15 is 0 Å². The summed E-state index contributed by atoms with van der Waals surface area (Å²) in [6, 6.07) is 14.9. The molecule has 0 aromatic heterocycles. The van der Waals surface area contributed by atoms with Crippen LogP contribution in [-0.4, -0.2) is 18.2 Å². The zero-order valence-electron chi connectivity index (χ0n) is 15.9. The van der Waals surface area contributed by atoms with Crippen LogP contribution in [0, 0.1) is 11.8 Å². The lowest BCUT2D eigenvalue weighted by atomic mass is 9.74. The van der Waals surface area contributed by atoms with Gasteiger partial charge in [-0.25, -0.2) is 5.43 Å². The Hall–Kier alpha value is -3.08. The van der Waals surface area contributed by atoms with Crippen LogP contribution in [0.5, 0.6) is 11.5 Å². The van der Waals surface area contributed by atoms with Crippen molar-refractivity contribution in [2.75, 3.05) is 6.61 Å². The first-order valence-electron chi connectivity index (χ1n) is 9.71. The molecule has 2 aliphatic rings. The summed E-state index contributed by atoms with van der Waals surface area (Å²) in [6.45, 7) is 3.04. The van der Waals surface area contributed by atoms with Crippen molar-refractivity contribution in [3.63, 3.8) is 0 Å². The minimum absolute atomic E-state index is 0.180. The van der Waals surface area contributed by atoms with Crippen molar-refractivity contribution in [3.05, 3.63) is 71.8 Å². The Labute approximate surface area is 165 Å². The quantitative estimate of drug-likeness (QED) is 0.577. The summed E-state index contributed by atoms with van der Waals surface area (Å²) in [5, 5.41) is 4.31. The number of hydrogen-bond acceptors (Lipinski definition) is 4. The van der Waals surface area contributed by atoms with Gasteiger partial charge < -0.3 is 9.47 Å². The molecule has 28 heavy (non-hydrogen) atoms. The molecular formula is C23H24N2O3. The maximum absolute atomic E-state index is 12.3. The van der Waals surface area contributed by atoms with E-state index in [-0.39, 0.29) is 5.91 Å². The van der Waals surface area contributed by atoms with Gasteiger partial charge >= 0.3 is 0 Å². The molecule has 2 aliphatic carbocycles. The van der Waals surface area contributed by atoms with Crippen molar-refractivity contribution in [2.45, 2.75) is 26.4 Å². The third-order valence-electron chi connectivity index (χ3n) is 5.22. The molecule has 0 heterocycles. The van der Waals surface area contributed by atoms with Crippen LogP contribution < -0.4 is 14.9 Å². The van der Waals surface area contributed by atoms with E-state index in [0.717, 1.165) is 35.6 Å². The molecule has 1 amide bonds. The third-order valence-corrected chi connectivity index (χ3v) is 5.22. The smallest absolute Gasteiger partial charge is 0.271 e. The Morgan fingerprint density at radius 3 is 2.46 bits per heavy atom. The standard InChI is InChI=1S/C23H24N2O3/c1-2-27-19-10-12-20(13-11-19)28-15-16-6-8-17(9-7-16)23(26)25-24-22-14-18-4-3-5-21(18)22/h3-4,6-13,18,21H,2,5,14-15H2,1H3,(H,25,26)/b24-22-/t18-,21+/m1/s1. The van der Waals surface area contributed by atoms with E-state index in [4.69, 9.17) is 9.47 Å². The topological polar surface area (TPSA) is 59.9 Å². The van der Waals surface area contributed by atoms with Crippen LogP contribution in [-0.2, 0) is 6.61 Å². The Balaban J connectivity index is 1.27. The summed E-state index contributed by atoms with van der Waals surface area (Å²) in [5.74, 6) is 2.56. The van der Waals surface area contributed by atoms with Gasteiger partial charge in [0.15, 0.2) is 0 Å². The van der Waals surface area contributed by atoms with Crippen molar-refractivity contribution >= 4 is 11.6 Å². The molecule has 5 nitrogen and oxygen atoms in total. The van der Waals surface area contributed by atoms with Crippen LogP contribution in [0.15, 0.2) is 65.8 Å². The van der Waals surface area contributed by atoms with Crippen LogP contribution in [0.1, 0.15) is 35.7 Å². The fourth-order valence-corrected chi connectivity index (χ4v) is 3.57. The van der Waals surface area contributed by atoms with Crippen molar-refractivity contribution in [3.8, 4) is 11.5 Å². The van der Waals surface area contributed by atoms with E-state index < -0.39 is 0 Å². The number of fused-ring (bicyclic) bond motifs is 1. The lowest BCUT2D eigenvalue weighted by molar-refractivity contribution is 0.0954. The second-order valence-corrected chi connectivity index (χ2v) is 7.07. The maximum atomic E-state index is 12.3. The van der Waals surface area contributed by atoms with Crippen LogP contribution in [0.3, 0.4) is 0 Å². The summed E-state index contributed by atoms with van der Waals surface area (Å²) in [6.07, 6.45) is 6.46. The van der Waals surface area contributed by atoms with Gasteiger partial charge in [0.25, 0.3) is 5.91 Å². The average molecular weight is 376 g/mol. The lowest BCUT2D eigenvalue weighted by Crippen LogP contribution is -2.35. The minimum Gasteiger partial charge on any atom is -0.494 e. The predicted molar refractivity (Wildman–Crippen MR) is 109 cm³/mol. The number of benzene rings is 2. The highest BCUT2D eigenvalue weighted by Crippen LogP contribution is 2.40. The Morgan fingerprint density at radius 2 is 1.79 bits per heavy atom. The fraction of sp³-hybridized carbons (Fsp3) is 0.304. The number of carbonyl (C=O) groups excluding carboxylic acids is 1. The summed E-state index contributed by atoms with van der Waals surface area (Å²) >= 11 is 0. The third kappa shape index (κ3) is 4.09. The summed E-state index contributed by atoms with van der Waals surface area (Å²) < 4.78 is 11.2. The highest BCUT2D eigenvalue weighted by atomic mass is 16.5. The number of hydrogen-bond donors (Lipinski definition) is 1. The minimum atomic E-state index is -0.180. The van der Waals surface area contributed by atoms with Crippen molar-refractivity contribution in [2.24, 2.45) is 16.9 Å². The van der Waals surface area contributed by atoms with Crippen LogP contribution in [0.2, 0.25) is 0 Å². The number of hydrazone groups is 1. The number of amides is 1. The SMILES string of the molecule is CCOc1ccc(OCc2ccc(C(=O)N/N=C3/C[C@H]4C=CC[C@H]34)cc2)cc1. The van der Waals surface area contributed by atoms with E-state index in [0.29, 0.717) is 30.6 Å². The second kappa shape index (κ2) is 8.30. The maximum Gasteiger partial charge on any atom is 0.271 e. The monoisotopic (exact) mass is 376 g/mol. The molecule has 0 aliphatic heterocycles. The van der Waals surface area contributed by atoms with E-state index in [1.807, 2.05) is 43.3 Å². The van der Waals surface area contributed by atoms with Crippen LogP contribution in [0.25, 0.3) is 0 Å². The van der Waals surface area contributed by atoms with Gasteiger partial charge in [0.2, 0.25) is 0 Å². The number of nitrogens with zero attached hydrogens (tertiary/aromatic N) is 1. The number of allylic oxidation sites excluding steroid dienone is 2. The first-order valence-corrected chi connectivity index (χ1v) is 9.71. The Morgan fingerprint density at radius 1 is 1.07 bits per heavy atom. The molecule has 0 spiro atoms. The molecule has 0 saturated heterocycles. The molecule has 0 radical (unpaired) electrons. The van der Waals surface area contributed by atoms with Crippen molar-refractivity contribution < 1.29 is 14.3 Å². The number of rotatable bonds is 7. The summed E-state index contributed by atoms with van der Waals surface area (Å²) in [4.78, 5) is 12.3. The zero-order chi connectivity index (χ0) is 19.3. The van der Waals surface area contributed by atoms with E-state index in [1.165, 1.54) is 0 Å². The van der Waals surface area contributed by atoms with Crippen LogP contribution >= 0.6 is 0 Å². The molecule has 0 bridgehead atoms. The van der Waals surface area contributed by atoms with Gasteiger partial charge in [-0.2, -0.15) is 5.10 Å². The Kier molecular flexibility index (Phi) is 5.42. The highest BCUT2D eigenvalue weighted by molar-refractivity contribution is 5.98. The molecule has 1 saturated carbocycles. The normalized spacial score (nSPS) is 21.1. The van der Waals surface area contributed by atoms with Gasteiger partial charge in [-0.3, -0.25) is 4.79 Å². The van der Waals surface area contributed by atoms with E-state index in [1.54, 1.807) is 12.1 Å².